The molecule has 1 aliphatic rings. The van der Waals surface area contributed by atoms with Crippen molar-refractivity contribution < 1.29 is 9.53 Å². The minimum absolute atomic E-state index is 0.0449. The second-order valence-electron chi connectivity index (χ2n) is 3.34. The van der Waals surface area contributed by atoms with Crippen molar-refractivity contribution in [2.45, 2.75) is 26.8 Å². The van der Waals surface area contributed by atoms with Crippen LogP contribution >= 0.6 is 0 Å². The number of aliphatic imine (C=N–C) groups is 1. The van der Waals surface area contributed by atoms with E-state index in [1.807, 2.05) is 26.8 Å². The Kier molecular flexibility index (Phi) is 2.86. The summed E-state index contributed by atoms with van der Waals surface area (Å²) < 4.78 is 4.99. The zero-order chi connectivity index (χ0) is 9.90. The average molecular weight is 181 g/mol. The second-order valence-corrected chi connectivity index (χ2v) is 3.34. The Hall–Kier alpha value is -1.12. The van der Waals surface area contributed by atoms with Gasteiger partial charge in [-0.25, -0.2) is 0 Å². The van der Waals surface area contributed by atoms with Crippen LogP contribution in [0.5, 0.6) is 0 Å². The van der Waals surface area contributed by atoms with Gasteiger partial charge in [0.15, 0.2) is 0 Å². The van der Waals surface area contributed by atoms with Gasteiger partial charge in [0.25, 0.3) is 0 Å². The summed E-state index contributed by atoms with van der Waals surface area (Å²) in [5.41, 5.74) is -0.592. The lowest BCUT2D eigenvalue weighted by atomic mass is 9.82. The Labute approximate surface area is 78.5 Å². The van der Waals surface area contributed by atoms with E-state index in [-0.39, 0.29) is 12.0 Å². The fourth-order valence-electron chi connectivity index (χ4n) is 1.24. The van der Waals surface area contributed by atoms with Crippen molar-refractivity contribution in [1.29, 1.82) is 0 Å². The van der Waals surface area contributed by atoms with Crippen LogP contribution in [0.2, 0.25) is 0 Å². The van der Waals surface area contributed by atoms with Crippen molar-refractivity contribution in [2.75, 3.05) is 6.61 Å². The molecule has 0 aliphatic carbocycles. The van der Waals surface area contributed by atoms with Gasteiger partial charge in [0.05, 0.1) is 12.6 Å². The van der Waals surface area contributed by atoms with Crippen molar-refractivity contribution in [3.63, 3.8) is 0 Å². The fraction of sp³-hybridized carbons (Fsp3) is 0.600. The first-order valence-corrected chi connectivity index (χ1v) is 4.49. The lowest BCUT2D eigenvalue weighted by Crippen LogP contribution is -2.38. The Morgan fingerprint density at radius 2 is 2.38 bits per heavy atom. The molecule has 0 radical (unpaired) electrons. The third kappa shape index (κ3) is 1.79. The molecule has 0 saturated carbocycles. The normalized spacial score (nSPS) is 31.8. The first-order chi connectivity index (χ1) is 6.11. The highest BCUT2D eigenvalue weighted by molar-refractivity contribution is 5.84. The van der Waals surface area contributed by atoms with Crippen molar-refractivity contribution in [1.82, 2.24) is 0 Å². The van der Waals surface area contributed by atoms with Gasteiger partial charge in [-0.15, -0.1) is 0 Å². The quantitative estimate of drug-likeness (QED) is 0.607. The van der Waals surface area contributed by atoms with E-state index in [2.05, 4.69) is 4.99 Å². The maximum atomic E-state index is 11.6. The van der Waals surface area contributed by atoms with Crippen LogP contribution in [0, 0.1) is 5.41 Å². The second kappa shape index (κ2) is 3.73. The number of ether oxygens (including phenoxy) is 1. The van der Waals surface area contributed by atoms with Crippen molar-refractivity contribution in [2.24, 2.45) is 10.4 Å². The molecule has 72 valence electrons. The number of carbonyl (C=O) groups is 1. The molecule has 0 aromatic heterocycles. The van der Waals surface area contributed by atoms with Gasteiger partial charge in [-0.05, 0) is 26.8 Å². The summed E-state index contributed by atoms with van der Waals surface area (Å²) >= 11 is 0. The van der Waals surface area contributed by atoms with E-state index in [1.54, 1.807) is 12.3 Å². The van der Waals surface area contributed by atoms with E-state index in [0.717, 1.165) is 0 Å². The Balaban J connectivity index is 2.80. The molecule has 0 fully saturated rings. The predicted octanol–water partition coefficient (Wildman–Crippen LogP) is 1.58. The SMILES string of the molecule is CCOC(=O)C1(C)C=CC=NC1C. The van der Waals surface area contributed by atoms with E-state index in [0.29, 0.717) is 6.61 Å². The highest BCUT2D eigenvalue weighted by Gasteiger charge is 2.38. The summed E-state index contributed by atoms with van der Waals surface area (Å²) in [5, 5.41) is 0. The van der Waals surface area contributed by atoms with Crippen molar-refractivity contribution >= 4 is 12.2 Å². The predicted molar refractivity (Wildman–Crippen MR) is 51.8 cm³/mol. The van der Waals surface area contributed by atoms with Crippen molar-refractivity contribution in [3.8, 4) is 0 Å². The lowest BCUT2D eigenvalue weighted by Gasteiger charge is -2.29. The van der Waals surface area contributed by atoms with Gasteiger partial charge in [-0.3, -0.25) is 9.79 Å². The zero-order valence-corrected chi connectivity index (χ0v) is 8.28. The molecule has 0 aromatic rings. The van der Waals surface area contributed by atoms with Crippen LogP contribution in [-0.4, -0.2) is 24.8 Å². The molecule has 0 saturated heterocycles. The molecule has 0 spiro atoms. The molecular weight excluding hydrogens is 166 g/mol. The lowest BCUT2D eigenvalue weighted by molar-refractivity contribution is -0.152. The number of nitrogens with zero attached hydrogens (tertiary/aromatic N) is 1. The number of hydrogen-bond acceptors (Lipinski definition) is 3. The summed E-state index contributed by atoms with van der Waals surface area (Å²) in [6, 6.07) is -0.0449. The number of hydrogen-bond donors (Lipinski definition) is 0. The summed E-state index contributed by atoms with van der Waals surface area (Å²) in [4.78, 5) is 15.8. The van der Waals surface area contributed by atoms with Gasteiger partial charge in [-0.1, -0.05) is 6.08 Å². The zero-order valence-electron chi connectivity index (χ0n) is 8.28. The van der Waals surface area contributed by atoms with E-state index in [4.69, 9.17) is 4.74 Å². The maximum absolute atomic E-state index is 11.6. The molecule has 0 amide bonds. The third-order valence-corrected chi connectivity index (χ3v) is 2.42. The van der Waals surface area contributed by atoms with E-state index >= 15 is 0 Å². The molecule has 2 atom stereocenters. The topological polar surface area (TPSA) is 38.7 Å². The van der Waals surface area contributed by atoms with Crippen molar-refractivity contribution in [3.05, 3.63) is 12.2 Å². The van der Waals surface area contributed by atoms with Crippen LogP contribution in [0.15, 0.2) is 17.1 Å². The molecule has 1 rings (SSSR count). The van der Waals surface area contributed by atoms with Gasteiger partial charge in [0.2, 0.25) is 0 Å². The fourth-order valence-corrected chi connectivity index (χ4v) is 1.24. The summed E-state index contributed by atoms with van der Waals surface area (Å²) in [6.45, 7) is 5.99. The Morgan fingerprint density at radius 3 is 2.92 bits per heavy atom. The molecular formula is C10H15NO2. The standard InChI is InChI=1S/C10H15NO2/c1-4-13-9(12)10(3)6-5-7-11-8(10)2/h5-8H,4H2,1-3H3. The highest BCUT2D eigenvalue weighted by Crippen LogP contribution is 2.29. The Morgan fingerprint density at radius 1 is 1.69 bits per heavy atom. The van der Waals surface area contributed by atoms with E-state index in [9.17, 15) is 4.79 Å². The van der Waals surface area contributed by atoms with Crippen LogP contribution in [0.25, 0.3) is 0 Å². The molecule has 1 aliphatic heterocycles. The first kappa shape index (κ1) is 9.96. The maximum Gasteiger partial charge on any atom is 0.317 e. The van der Waals surface area contributed by atoms with Crippen LogP contribution in [-0.2, 0) is 9.53 Å². The van der Waals surface area contributed by atoms with Crippen LogP contribution < -0.4 is 0 Å². The minimum atomic E-state index is -0.592. The van der Waals surface area contributed by atoms with Gasteiger partial charge in [-0.2, -0.15) is 0 Å². The molecule has 3 nitrogen and oxygen atoms in total. The Bertz CT molecular complexity index is 258. The monoisotopic (exact) mass is 181 g/mol. The molecule has 13 heavy (non-hydrogen) atoms. The van der Waals surface area contributed by atoms with Gasteiger partial charge < -0.3 is 4.74 Å². The number of dihydropyridines is 1. The molecule has 0 N–H and O–H groups in total. The molecule has 3 heteroatoms. The average Bonchev–Trinajstić information content (AvgIpc) is 2.11. The minimum Gasteiger partial charge on any atom is -0.465 e. The summed E-state index contributed by atoms with van der Waals surface area (Å²) in [7, 11) is 0. The van der Waals surface area contributed by atoms with Gasteiger partial charge >= 0.3 is 5.97 Å². The number of esters is 1. The van der Waals surface area contributed by atoms with E-state index in [1.165, 1.54) is 0 Å². The molecule has 0 bridgehead atoms. The van der Waals surface area contributed by atoms with E-state index < -0.39 is 5.41 Å². The van der Waals surface area contributed by atoms with Gasteiger partial charge in [0, 0.05) is 6.21 Å². The number of allylic oxidation sites excluding steroid dienone is 1. The highest BCUT2D eigenvalue weighted by atomic mass is 16.5. The molecule has 2 unspecified atom stereocenters. The number of rotatable bonds is 2. The van der Waals surface area contributed by atoms with Gasteiger partial charge in [0.1, 0.15) is 5.41 Å². The van der Waals surface area contributed by atoms with Crippen LogP contribution in [0.3, 0.4) is 0 Å². The van der Waals surface area contributed by atoms with Crippen LogP contribution in [0.1, 0.15) is 20.8 Å². The number of carbonyl (C=O) groups excluding carboxylic acids is 1. The first-order valence-electron chi connectivity index (χ1n) is 4.49. The smallest absolute Gasteiger partial charge is 0.317 e. The largest absolute Gasteiger partial charge is 0.465 e. The summed E-state index contributed by atoms with van der Waals surface area (Å²) in [5.74, 6) is -0.199. The summed E-state index contributed by atoms with van der Waals surface area (Å²) in [6.07, 6.45) is 5.35. The van der Waals surface area contributed by atoms with Crippen LogP contribution in [0.4, 0.5) is 0 Å². The molecule has 0 aromatic carbocycles. The third-order valence-electron chi connectivity index (χ3n) is 2.42. The molecule has 1 heterocycles.